The second kappa shape index (κ2) is 7.78. The molecule has 0 saturated carbocycles. The number of thiophene rings is 1. The van der Waals surface area contributed by atoms with Gasteiger partial charge < -0.3 is 5.11 Å². The summed E-state index contributed by atoms with van der Waals surface area (Å²) in [5.41, 5.74) is 2.75. The molecule has 2 aromatic heterocycles. The average Bonchev–Trinajstić information content (AvgIpc) is 3.05. The molecule has 3 aromatic rings. The zero-order valence-corrected chi connectivity index (χ0v) is 17.4. The first kappa shape index (κ1) is 19.3. The van der Waals surface area contributed by atoms with Crippen LogP contribution in [0.25, 0.3) is 5.69 Å². The average molecular weight is 423 g/mol. The van der Waals surface area contributed by atoms with Gasteiger partial charge in [0.05, 0.1) is 11.3 Å². The smallest absolute Gasteiger partial charge is 0.264 e. The highest BCUT2D eigenvalue weighted by Crippen LogP contribution is 2.39. The van der Waals surface area contributed by atoms with Crippen LogP contribution >= 0.6 is 23.6 Å². The summed E-state index contributed by atoms with van der Waals surface area (Å²) in [6, 6.07) is 9.68. The topological polar surface area (TPSA) is 94.2 Å². The summed E-state index contributed by atoms with van der Waals surface area (Å²) in [4.78, 5) is 20.6. The molecule has 0 unspecified atom stereocenters. The van der Waals surface area contributed by atoms with Gasteiger partial charge in [-0.1, -0.05) is 12.1 Å². The van der Waals surface area contributed by atoms with Gasteiger partial charge in [0, 0.05) is 11.1 Å². The van der Waals surface area contributed by atoms with Gasteiger partial charge in [0.1, 0.15) is 16.6 Å². The maximum Gasteiger partial charge on any atom is 0.264 e. The first-order valence-electron chi connectivity index (χ1n) is 9.23. The highest BCUT2D eigenvalue weighted by Gasteiger charge is 2.20. The van der Waals surface area contributed by atoms with Crippen molar-refractivity contribution in [2.24, 2.45) is 4.99 Å². The molecule has 146 valence electrons. The number of benzene rings is 1. The van der Waals surface area contributed by atoms with Gasteiger partial charge in [-0.3, -0.25) is 14.3 Å². The van der Waals surface area contributed by atoms with E-state index < -0.39 is 5.56 Å². The number of aliphatic imine (C=N–C) groups is 1. The first-order valence-corrected chi connectivity index (χ1v) is 10.5. The van der Waals surface area contributed by atoms with Crippen LogP contribution in [0.3, 0.4) is 0 Å². The van der Waals surface area contributed by atoms with Crippen LogP contribution in [0.5, 0.6) is 5.88 Å². The Labute approximate surface area is 176 Å². The number of aromatic amines is 1. The van der Waals surface area contributed by atoms with E-state index in [0.29, 0.717) is 16.3 Å². The third-order valence-electron chi connectivity index (χ3n) is 4.96. The Morgan fingerprint density at radius 1 is 1.38 bits per heavy atom. The van der Waals surface area contributed by atoms with E-state index >= 15 is 0 Å². The summed E-state index contributed by atoms with van der Waals surface area (Å²) in [5, 5.41) is 20.9. The number of rotatable bonds is 3. The number of hydrogen-bond acceptors (Lipinski definition) is 6. The van der Waals surface area contributed by atoms with Crippen molar-refractivity contribution in [3.63, 3.8) is 0 Å². The van der Waals surface area contributed by atoms with Crippen molar-refractivity contribution >= 4 is 34.8 Å². The van der Waals surface area contributed by atoms with Crippen molar-refractivity contribution in [3.05, 3.63) is 66.5 Å². The van der Waals surface area contributed by atoms with E-state index in [1.54, 1.807) is 6.07 Å². The lowest BCUT2D eigenvalue weighted by Crippen LogP contribution is -2.18. The molecule has 1 aliphatic carbocycles. The fourth-order valence-corrected chi connectivity index (χ4v) is 5.01. The zero-order valence-electron chi connectivity index (χ0n) is 15.7. The molecule has 1 aromatic carbocycles. The second-order valence-electron chi connectivity index (χ2n) is 6.93. The van der Waals surface area contributed by atoms with E-state index in [2.05, 4.69) is 16.0 Å². The number of hydrogen-bond donors (Lipinski definition) is 2. The molecule has 6 nitrogen and oxygen atoms in total. The van der Waals surface area contributed by atoms with Gasteiger partial charge in [-0.25, -0.2) is 4.99 Å². The molecular formula is C21H18N4O2S2. The largest absolute Gasteiger partial charge is 0.494 e. The highest BCUT2D eigenvalue weighted by atomic mass is 32.1. The van der Waals surface area contributed by atoms with Gasteiger partial charge in [-0.15, -0.1) is 11.3 Å². The predicted molar refractivity (Wildman–Crippen MR) is 117 cm³/mol. The molecule has 8 heteroatoms. The Balaban J connectivity index is 1.82. The van der Waals surface area contributed by atoms with Gasteiger partial charge in [-0.05, 0) is 68.1 Å². The summed E-state index contributed by atoms with van der Waals surface area (Å²) in [7, 11) is 0. The van der Waals surface area contributed by atoms with E-state index in [0.717, 1.165) is 36.8 Å². The Morgan fingerprint density at radius 2 is 2.17 bits per heavy atom. The minimum Gasteiger partial charge on any atom is -0.494 e. The van der Waals surface area contributed by atoms with E-state index in [-0.39, 0.29) is 16.2 Å². The molecule has 0 atom stereocenters. The Hall–Kier alpha value is -3.02. The molecular weight excluding hydrogens is 404 g/mol. The number of aromatic nitrogens is 2. The summed E-state index contributed by atoms with van der Waals surface area (Å²) < 4.78 is 1.50. The number of H-pyrrole nitrogens is 1. The van der Waals surface area contributed by atoms with E-state index in [1.165, 1.54) is 27.0 Å². The lowest BCUT2D eigenvalue weighted by atomic mass is 9.96. The van der Waals surface area contributed by atoms with Gasteiger partial charge in [0.2, 0.25) is 5.88 Å². The van der Waals surface area contributed by atoms with E-state index in [1.807, 2.05) is 25.1 Å². The predicted octanol–water partition coefficient (Wildman–Crippen LogP) is 4.47. The van der Waals surface area contributed by atoms with Crippen LogP contribution in [0.1, 0.15) is 40.0 Å². The summed E-state index contributed by atoms with van der Waals surface area (Å²) in [6.45, 7) is 1.93. The maximum atomic E-state index is 12.4. The van der Waals surface area contributed by atoms with Crippen molar-refractivity contribution in [1.82, 2.24) is 9.55 Å². The quantitative estimate of drug-likeness (QED) is 0.481. The molecule has 2 heterocycles. The van der Waals surface area contributed by atoms with E-state index in [4.69, 9.17) is 12.2 Å². The Bertz CT molecular complexity index is 1290. The normalized spacial score (nSPS) is 13.4. The van der Waals surface area contributed by atoms with Crippen LogP contribution in [-0.4, -0.2) is 20.9 Å². The Morgan fingerprint density at radius 3 is 2.93 bits per heavy atom. The molecule has 0 radical (unpaired) electrons. The fraction of sp³-hybridized carbons (Fsp3) is 0.238. The molecule has 0 amide bonds. The summed E-state index contributed by atoms with van der Waals surface area (Å²) >= 11 is 6.73. The second-order valence-corrected chi connectivity index (χ2v) is 8.40. The van der Waals surface area contributed by atoms with Crippen LogP contribution in [0.2, 0.25) is 0 Å². The molecule has 1 aliphatic rings. The summed E-state index contributed by atoms with van der Waals surface area (Å²) in [5.74, 6) is -0.284. The molecule has 0 fully saturated rings. The van der Waals surface area contributed by atoms with Crippen LogP contribution < -0.4 is 5.56 Å². The molecule has 0 saturated heterocycles. The number of fused-ring (bicyclic) bond motifs is 1. The first-order chi connectivity index (χ1) is 14.0. The third-order valence-corrected chi connectivity index (χ3v) is 6.44. The minimum atomic E-state index is -0.528. The maximum absolute atomic E-state index is 12.4. The van der Waals surface area contributed by atoms with Crippen molar-refractivity contribution in [3.8, 4) is 17.6 Å². The van der Waals surface area contributed by atoms with Crippen molar-refractivity contribution in [2.45, 2.75) is 32.6 Å². The monoisotopic (exact) mass is 422 g/mol. The van der Waals surface area contributed by atoms with Crippen LogP contribution in [-0.2, 0) is 12.8 Å². The van der Waals surface area contributed by atoms with Crippen molar-refractivity contribution < 1.29 is 5.11 Å². The van der Waals surface area contributed by atoms with Gasteiger partial charge in [-0.2, -0.15) is 5.26 Å². The fourth-order valence-electron chi connectivity index (χ4n) is 3.54. The number of aromatic hydroxyl groups is 1. The highest BCUT2D eigenvalue weighted by molar-refractivity contribution is 7.71. The van der Waals surface area contributed by atoms with Crippen molar-refractivity contribution in [1.29, 1.82) is 5.26 Å². The lowest BCUT2D eigenvalue weighted by molar-refractivity contribution is 0.432. The minimum absolute atomic E-state index is 0.00429. The number of nitrogens with one attached hydrogen (secondary N) is 1. The van der Waals surface area contributed by atoms with Crippen LogP contribution in [0.15, 0.2) is 34.1 Å². The SMILES string of the molecule is Cc1cccc(-n2c(O)c(C=Nc3sc4c(c3C#N)CCCC4)c(=O)[nH]c2=S)c1. The van der Waals surface area contributed by atoms with Crippen molar-refractivity contribution in [2.75, 3.05) is 0 Å². The van der Waals surface area contributed by atoms with Gasteiger partial charge in [0.15, 0.2) is 4.77 Å². The molecule has 0 aliphatic heterocycles. The number of nitriles is 1. The third kappa shape index (κ3) is 3.55. The standard InChI is InChI=1S/C21H18N4O2S2/c1-12-5-4-6-13(9-12)25-20(27)16(18(26)24-21(25)28)11-23-19-15(10-22)14-7-2-3-8-17(14)29-19/h4-6,9,11,27H,2-3,7-8H2,1H3,(H,24,26,28). The Kier molecular flexibility index (Phi) is 5.18. The van der Waals surface area contributed by atoms with Gasteiger partial charge >= 0.3 is 0 Å². The molecule has 4 rings (SSSR count). The number of aryl methyl sites for hydroxylation is 2. The van der Waals surface area contributed by atoms with Crippen LogP contribution in [0.4, 0.5) is 5.00 Å². The summed E-state index contributed by atoms with van der Waals surface area (Å²) in [6.07, 6.45) is 5.33. The van der Waals surface area contributed by atoms with Gasteiger partial charge in [0.25, 0.3) is 5.56 Å². The molecule has 0 bridgehead atoms. The van der Waals surface area contributed by atoms with E-state index in [9.17, 15) is 15.2 Å². The molecule has 2 N–H and O–H groups in total. The lowest BCUT2D eigenvalue weighted by Gasteiger charge is -2.11. The molecule has 0 spiro atoms. The zero-order chi connectivity index (χ0) is 20.5. The van der Waals surface area contributed by atoms with Crippen LogP contribution in [0, 0.1) is 23.0 Å². The molecule has 29 heavy (non-hydrogen) atoms. The number of nitrogens with zero attached hydrogens (tertiary/aromatic N) is 3.